The van der Waals surface area contributed by atoms with Crippen molar-refractivity contribution in [1.82, 2.24) is 5.48 Å². The molecule has 0 aliphatic carbocycles. The molecule has 1 aromatic rings. The molecule has 5 nitrogen and oxygen atoms in total. The van der Waals surface area contributed by atoms with E-state index < -0.39 is 12.0 Å². The first-order valence-corrected chi connectivity index (χ1v) is 6.32. The molecule has 4 N–H and O–H groups in total. The number of benzene rings is 1. The second-order valence-electron chi connectivity index (χ2n) is 3.84. The van der Waals surface area contributed by atoms with Crippen LogP contribution in [0, 0.1) is 9.49 Å². The number of carbonyl (C=O) groups excluding carboxylic acids is 1. The summed E-state index contributed by atoms with van der Waals surface area (Å²) in [5, 5.41) is 28.1. The SMILES string of the molecule is C[C@H](/C=C/C(=O)NO)[C@H](O)c1cc(I)ccc1O. The van der Waals surface area contributed by atoms with E-state index in [1.165, 1.54) is 17.6 Å². The lowest BCUT2D eigenvalue weighted by atomic mass is 9.96. The molecule has 0 heterocycles. The Labute approximate surface area is 118 Å². The average Bonchev–Trinajstić information content (AvgIpc) is 2.37. The van der Waals surface area contributed by atoms with Gasteiger partial charge in [-0.25, -0.2) is 5.48 Å². The molecule has 1 aromatic carbocycles. The monoisotopic (exact) mass is 363 g/mol. The molecule has 0 saturated heterocycles. The van der Waals surface area contributed by atoms with Crippen molar-refractivity contribution in [2.24, 2.45) is 5.92 Å². The van der Waals surface area contributed by atoms with E-state index >= 15 is 0 Å². The van der Waals surface area contributed by atoms with Crippen LogP contribution in [0.4, 0.5) is 0 Å². The molecule has 0 fully saturated rings. The Balaban J connectivity index is 2.86. The zero-order chi connectivity index (χ0) is 13.7. The van der Waals surface area contributed by atoms with Crippen LogP contribution in [0.25, 0.3) is 0 Å². The van der Waals surface area contributed by atoms with Gasteiger partial charge in [-0.3, -0.25) is 10.0 Å². The first-order chi connectivity index (χ1) is 8.45. The third-order valence-electron chi connectivity index (χ3n) is 2.47. The quantitative estimate of drug-likeness (QED) is 0.284. The number of halogens is 1. The van der Waals surface area contributed by atoms with Crippen LogP contribution < -0.4 is 5.48 Å². The van der Waals surface area contributed by atoms with Crippen LogP contribution in [0.3, 0.4) is 0 Å². The Kier molecular flexibility index (Phi) is 5.57. The second-order valence-corrected chi connectivity index (χ2v) is 5.09. The van der Waals surface area contributed by atoms with Crippen LogP contribution in [0.15, 0.2) is 30.4 Å². The largest absolute Gasteiger partial charge is 0.508 e. The Morgan fingerprint density at radius 2 is 2.17 bits per heavy atom. The maximum atomic E-state index is 10.8. The molecule has 98 valence electrons. The smallest absolute Gasteiger partial charge is 0.267 e. The highest BCUT2D eigenvalue weighted by Gasteiger charge is 2.18. The van der Waals surface area contributed by atoms with Gasteiger partial charge in [0.15, 0.2) is 0 Å². The molecule has 0 bridgehead atoms. The molecule has 0 aliphatic rings. The predicted octanol–water partition coefficient (Wildman–Crippen LogP) is 1.73. The number of aliphatic hydroxyl groups is 1. The summed E-state index contributed by atoms with van der Waals surface area (Å²) in [5.74, 6) is -1.04. The lowest BCUT2D eigenvalue weighted by Crippen LogP contribution is -2.16. The van der Waals surface area contributed by atoms with Gasteiger partial charge in [0.2, 0.25) is 0 Å². The van der Waals surface area contributed by atoms with Gasteiger partial charge in [-0.15, -0.1) is 0 Å². The van der Waals surface area contributed by atoms with E-state index in [-0.39, 0.29) is 11.7 Å². The summed E-state index contributed by atoms with van der Waals surface area (Å²) in [7, 11) is 0. The summed E-state index contributed by atoms with van der Waals surface area (Å²) < 4.78 is 0.892. The lowest BCUT2D eigenvalue weighted by molar-refractivity contribution is -0.124. The molecule has 2 atom stereocenters. The standard InChI is InChI=1S/C12H14INO4/c1-7(2-5-11(16)14-18)12(17)9-6-8(13)3-4-10(9)15/h2-7,12,15,17-18H,1H3,(H,14,16)/b5-2+/t7-,12+/m1/s1. The number of aromatic hydroxyl groups is 1. The summed E-state index contributed by atoms with van der Waals surface area (Å²) in [5.41, 5.74) is 1.87. The molecule has 18 heavy (non-hydrogen) atoms. The first kappa shape index (κ1) is 14.9. The van der Waals surface area contributed by atoms with Crippen LogP contribution >= 0.6 is 22.6 Å². The van der Waals surface area contributed by atoms with Gasteiger partial charge in [0.25, 0.3) is 5.91 Å². The molecule has 0 radical (unpaired) electrons. The lowest BCUT2D eigenvalue weighted by Gasteiger charge is -2.17. The van der Waals surface area contributed by atoms with Crippen molar-refractivity contribution in [2.45, 2.75) is 13.0 Å². The summed E-state index contributed by atoms with van der Waals surface area (Å²) in [6.45, 7) is 1.70. The van der Waals surface area contributed by atoms with Crippen molar-refractivity contribution in [3.05, 3.63) is 39.5 Å². The number of hydroxylamine groups is 1. The van der Waals surface area contributed by atoms with Crippen molar-refractivity contribution < 1.29 is 20.2 Å². The van der Waals surface area contributed by atoms with E-state index in [2.05, 4.69) is 22.6 Å². The van der Waals surface area contributed by atoms with Crippen molar-refractivity contribution in [3.63, 3.8) is 0 Å². The fraction of sp³-hybridized carbons (Fsp3) is 0.250. The number of phenolic OH excluding ortho intramolecular Hbond substituents is 1. The van der Waals surface area contributed by atoms with Gasteiger partial charge < -0.3 is 10.2 Å². The van der Waals surface area contributed by atoms with Crippen LogP contribution in [-0.4, -0.2) is 21.3 Å². The number of amides is 1. The summed E-state index contributed by atoms with van der Waals surface area (Å²) in [6, 6.07) is 4.92. The Morgan fingerprint density at radius 3 is 2.78 bits per heavy atom. The van der Waals surface area contributed by atoms with Gasteiger partial charge >= 0.3 is 0 Å². The van der Waals surface area contributed by atoms with E-state index in [0.717, 1.165) is 9.65 Å². The maximum Gasteiger partial charge on any atom is 0.267 e. The summed E-state index contributed by atoms with van der Waals surface area (Å²) in [6.07, 6.45) is 1.65. The van der Waals surface area contributed by atoms with Gasteiger partial charge in [-0.05, 0) is 40.8 Å². The number of hydrogen-bond acceptors (Lipinski definition) is 4. The van der Waals surface area contributed by atoms with Gasteiger partial charge in [-0.1, -0.05) is 13.0 Å². The normalized spacial score (nSPS) is 14.4. The number of hydrogen-bond donors (Lipinski definition) is 4. The highest BCUT2D eigenvalue weighted by molar-refractivity contribution is 14.1. The Hall–Kier alpha value is -1.12. The van der Waals surface area contributed by atoms with Gasteiger partial charge in [0.05, 0.1) is 6.10 Å². The van der Waals surface area contributed by atoms with Crippen molar-refractivity contribution in [1.29, 1.82) is 0 Å². The minimum atomic E-state index is -0.928. The third-order valence-corrected chi connectivity index (χ3v) is 3.14. The van der Waals surface area contributed by atoms with E-state index in [4.69, 9.17) is 5.21 Å². The fourth-order valence-electron chi connectivity index (χ4n) is 1.43. The molecule has 6 heteroatoms. The third kappa shape index (κ3) is 3.97. The average molecular weight is 363 g/mol. The van der Waals surface area contributed by atoms with Gasteiger partial charge in [0.1, 0.15) is 5.75 Å². The molecular weight excluding hydrogens is 349 g/mol. The number of aliphatic hydroxyl groups excluding tert-OH is 1. The van der Waals surface area contributed by atoms with Gasteiger partial charge in [0, 0.05) is 21.1 Å². The molecule has 0 aliphatic heterocycles. The predicted molar refractivity (Wildman–Crippen MR) is 74.0 cm³/mol. The van der Waals surface area contributed by atoms with Crippen LogP contribution in [-0.2, 0) is 4.79 Å². The molecule has 0 spiro atoms. The second kappa shape index (κ2) is 6.72. The molecule has 0 unspecified atom stereocenters. The first-order valence-electron chi connectivity index (χ1n) is 5.24. The minimum Gasteiger partial charge on any atom is -0.508 e. The molecular formula is C12H14INO4. The van der Waals surface area contributed by atoms with Crippen LogP contribution in [0.2, 0.25) is 0 Å². The molecule has 1 rings (SSSR count). The molecule has 0 aromatic heterocycles. The highest BCUT2D eigenvalue weighted by Crippen LogP contribution is 2.31. The molecule has 0 saturated carbocycles. The summed E-state index contributed by atoms with van der Waals surface area (Å²) in [4.78, 5) is 10.8. The van der Waals surface area contributed by atoms with E-state index in [1.54, 1.807) is 19.1 Å². The van der Waals surface area contributed by atoms with Crippen LogP contribution in [0.5, 0.6) is 5.75 Å². The van der Waals surface area contributed by atoms with Crippen molar-refractivity contribution >= 4 is 28.5 Å². The van der Waals surface area contributed by atoms with E-state index in [0.29, 0.717) is 5.56 Å². The number of carbonyl (C=O) groups is 1. The van der Waals surface area contributed by atoms with Crippen molar-refractivity contribution in [2.75, 3.05) is 0 Å². The topological polar surface area (TPSA) is 89.8 Å². The number of nitrogens with one attached hydrogen (secondary N) is 1. The van der Waals surface area contributed by atoms with E-state index in [1.807, 2.05) is 0 Å². The Bertz CT molecular complexity index is 461. The van der Waals surface area contributed by atoms with Crippen LogP contribution in [0.1, 0.15) is 18.6 Å². The zero-order valence-corrected chi connectivity index (χ0v) is 11.8. The molecule has 1 amide bonds. The number of rotatable bonds is 4. The fourth-order valence-corrected chi connectivity index (χ4v) is 1.94. The highest BCUT2D eigenvalue weighted by atomic mass is 127. The van der Waals surface area contributed by atoms with Gasteiger partial charge in [-0.2, -0.15) is 0 Å². The Morgan fingerprint density at radius 1 is 1.50 bits per heavy atom. The maximum absolute atomic E-state index is 10.8. The minimum absolute atomic E-state index is 0.00905. The zero-order valence-electron chi connectivity index (χ0n) is 9.67. The number of phenols is 1. The van der Waals surface area contributed by atoms with E-state index in [9.17, 15) is 15.0 Å². The summed E-state index contributed by atoms with van der Waals surface area (Å²) >= 11 is 2.08. The van der Waals surface area contributed by atoms with Crippen molar-refractivity contribution in [3.8, 4) is 5.75 Å².